The van der Waals surface area contributed by atoms with Gasteiger partial charge in [0.05, 0.1) is 11.2 Å². The molecule has 0 saturated heterocycles. The molecule has 0 bridgehead atoms. The monoisotopic (exact) mass is 398 g/mol. The molecule has 0 fully saturated rings. The first-order valence-electron chi connectivity index (χ1n) is 9.35. The number of aromatic nitrogens is 3. The summed E-state index contributed by atoms with van der Waals surface area (Å²) in [6.07, 6.45) is 1.56. The van der Waals surface area contributed by atoms with Crippen molar-refractivity contribution in [2.24, 2.45) is 0 Å². The quantitative estimate of drug-likeness (QED) is 0.402. The summed E-state index contributed by atoms with van der Waals surface area (Å²) in [6, 6.07) is 21.8. The molecule has 146 valence electrons. The molecule has 0 aliphatic heterocycles. The van der Waals surface area contributed by atoms with Crippen LogP contribution in [0.2, 0.25) is 0 Å². The van der Waals surface area contributed by atoms with Crippen LogP contribution >= 0.6 is 0 Å². The number of hydrogen-bond acceptors (Lipinski definition) is 3. The number of nitrogens with two attached hydrogens (primary N) is 1. The molecule has 0 spiro atoms. The van der Waals surface area contributed by atoms with Crippen LogP contribution in [0.25, 0.3) is 44.7 Å². The summed E-state index contributed by atoms with van der Waals surface area (Å²) in [4.78, 5) is 11.7. The van der Waals surface area contributed by atoms with E-state index >= 15 is 0 Å². The van der Waals surface area contributed by atoms with Crippen molar-refractivity contribution in [1.29, 1.82) is 0 Å². The number of fused-ring (bicyclic) bond motifs is 1. The van der Waals surface area contributed by atoms with Crippen LogP contribution in [0.1, 0.15) is 0 Å². The number of rotatable bonds is 3. The van der Waals surface area contributed by atoms with Crippen molar-refractivity contribution in [3.05, 3.63) is 90.6 Å². The molecule has 2 heterocycles. The van der Waals surface area contributed by atoms with E-state index < -0.39 is 11.6 Å². The standard InChI is InChI=1S/C24H16F2N4/c25-17-10-18-19(13-28-23(18)20(26)11-17)24-29-21(12-22(27)30-24)16-8-6-15(7-9-16)14-4-2-1-3-5-14/h1-13,28H,(H2,27,29,30). The number of nitrogens with zero attached hydrogens (tertiary/aromatic N) is 2. The molecule has 3 N–H and O–H groups in total. The maximum atomic E-state index is 14.0. The first-order valence-corrected chi connectivity index (χ1v) is 9.35. The van der Waals surface area contributed by atoms with Gasteiger partial charge in [-0.25, -0.2) is 18.7 Å². The van der Waals surface area contributed by atoms with Gasteiger partial charge >= 0.3 is 0 Å². The zero-order valence-corrected chi connectivity index (χ0v) is 15.7. The Bertz CT molecular complexity index is 1360. The van der Waals surface area contributed by atoms with Crippen LogP contribution in [-0.2, 0) is 0 Å². The molecular weight excluding hydrogens is 382 g/mol. The Kier molecular flexibility index (Phi) is 4.25. The SMILES string of the molecule is Nc1cc(-c2ccc(-c3ccccc3)cc2)nc(-c2c[nH]c3c(F)cc(F)cc23)n1. The Morgan fingerprint density at radius 2 is 1.47 bits per heavy atom. The van der Waals surface area contributed by atoms with Crippen molar-refractivity contribution < 1.29 is 8.78 Å². The van der Waals surface area contributed by atoms with Gasteiger partial charge in [-0.1, -0.05) is 54.6 Å². The van der Waals surface area contributed by atoms with Crippen LogP contribution in [0, 0.1) is 11.6 Å². The minimum atomic E-state index is -0.670. The Balaban J connectivity index is 1.58. The largest absolute Gasteiger partial charge is 0.384 e. The second-order valence-corrected chi connectivity index (χ2v) is 6.96. The van der Waals surface area contributed by atoms with E-state index in [9.17, 15) is 8.78 Å². The van der Waals surface area contributed by atoms with Crippen molar-refractivity contribution >= 4 is 16.7 Å². The second-order valence-electron chi connectivity index (χ2n) is 6.96. The lowest BCUT2D eigenvalue weighted by Gasteiger charge is -2.07. The predicted octanol–water partition coefficient (Wildman–Crippen LogP) is 5.82. The van der Waals surface area contributed by atoms with Gasteiger partial charge in [-0.3, -0.25) is 0 Å². The topological polar surface area (TPSA) is 67.6 Å². The van der Waals surface area contributed by atoms with Crippen LogP contribution < -0.4 is 5.73 Å². The fraction of sp³-hybridized carbons (Fsp3) is 0. The average Bonchev–Trinajstić information content (AvgIpc) is 3.18. The first-order chi connectivity index (χ1) is 14.6. The highest BCUT2D eigenvalue weighted by Crippen LogP contribution is 2.31. The van der Waals surface area contributed by atoms with Gasteiger partial charge in [0.1, 0.15) is 17.5 Å². The molecule has 4 nitrogen and oxygen atoms in total. The summed E-state index contributed by atoms with van der Waals surface area (Å²) in [6.45, 7) is 0. The third-order valence-corrected chi connectivity index (χ3v) is 4.98. The van der Waals surface area contributed by atoms with Crippen LogP contribution in [0.3, 0.4) is 0 Å². The Morgan fingerprint density at radius 1 is 0.767 bits per heavy atom. The van der Waals surface area contributed by atoms with Gasteiger partial charge < -0.3 is 10.7 Å². The Morgan fingerprint density at radius 3 is 2.23 bits per heavy atom. The lowest BCUT2D eigenvalue weighted by atomic mass is 10.0. The van der Waals surface area contributed by atoms with Crippen molar-refractivity contribution in [1.82, 2.24) is 15.0 Å². The number of halogens is 2. The van der Waals surface area contributed by atoms with E-state index in [0.717, 1.165) is 22.8 Å². The van der Waals surface area contributed by atoms with Gasteiger partial charge in [-0.15, -0.1) is 0 Å². The van der Waals surface area contributed by atoms with Crippen LogP contribution in [0.4, 0.5) is 14.6 Å². The van der Waals surface area contributed by atoms with Crippen molar-refractivity contribution in [3.63, 3.8) is 0 Å². The van der Waals surface area contributed by atoms with E-state index in [1.807, 2.05) is 54.6 Å². The second kappa shape index (κ2) is 7.08. The molecule has 3 aromatic carbocycles. The molecule has 30 heavy (non-hydrogen) atoms. The van der Waals surface area contributed by atoms with E-state index in [2.05, 4.69) is 15.0 Å². The number of anilines is 1. The molecule has 5 rings (SSSR count). The highest BCUT2D eigenvalue weighted by Gasteiger charge is 2.15. The van der Waals surface area contributed by atoms with E-state index in [1.54, 1.807) is 12.3 Å². The average molecular weight is 398 g/mol. The number of benzene rings is 3. The van der Waals surface area contributed by atoms with Gasteiger partial charge in [0.2, 0.25) is 0 Å². The molecule has 0 atom stereocenters. The number of aromatic amines is 1. The third-order valence-electron chi connectivity index (χ3n) is 4.98. The molecule has 0 aliphatic carbocycles. The van der Waals surface area contributed by atoms with E-state index in [0.29, 0.717) is 22.5 Å². The highest BCUT2D eigenvalue weighted by atomic mass is 19.1. The van der Waals surface area contributed by atoms with Gasteiger partial charge in [-0.05, 0) is 17.2 Å². The zero-order valence-electron chi connectivity index (χ0n) is 15.7. The number of hydrogen-bond donors (Lipinski definition) is 2. The van der Waals surface area contributed by atoms with Gasteiger partial charge in [0.25, 0.3) is 0 Å². The van der Waals surface area contributed by atoms with Crippen molar-refractivity contribution in [2.45, 2.75) is 0 Å². The maximum absolute atomic E-state index is 14.0. The Hall–Kier alpha value is -4.06. The normalized spacial score (nSPS) is 11.1. The molecule has 0 saturated carbocycles. The maximum Gasteiger partial charge on any atom is 0.164 e. The summed E-state index contributed by atoms with van der Waals surface area (Å²) in [7, 11) is 0. The Labute approximate surface area is 171 Å². The fourth-order valence-electron chi connectivity index (χ4n) is 3.54. The summed E-state index contributed by atoms with van der Waals surface area (Å²) in [5, 5.41) is 0.364. The predicted molar refractivity (Wildman–Crippen MR) is 115 cm³/mol. The van der Waals surface area contributed by atoms with Gasteiger partial charge in [0, 0.05) is 34.8 Å². The van der Waals surface area contributed by atoms with Crippen LogP contribution in [-0.4, -0.2) is 15.0 Å². The zero-order chi connectivity index (χ0) is 20.7. The highest BCUT2D eigenvalue weighted by molar-refractivity contribution is 5.94. The summed E-state index contributed by atoms with van der Waals surface area (Å²) in [5.41, 5.74) is 10.4. The lowest BCUT2D eigenvalue weighted by Crippen LogP contribution is -1.98. The number of nitrogens with one attached hydrogen (secondary N) is 1. The van der Waals surface area contributed by atoms with Crippen LogP contribution in [0.15, 0.2) is 79.0 Å². The molecular formula is C24H16F2N4. The van der Waals surface area contributed by atoms with Crippen molar-refractivity contribution in [2.75, 3.05) is 5.73 Å². The first kappa shape index (κ1) is 18.0. The van der Waals surface area contributed by atoms with Gasteiger partial charge in [0.15, 0.2) is 5.82 Å². The smallest absolute Gasteiger partial charge is 0.164 e. The number of nitrogen functional groups attached to an aromatic ring is 1. The van der Waals surface area contributed by atoms with Crippen LogP contribution in [0.5, 0.6) is 0 Å². The number of H-pyrrole nitrogens is 1. The molecule has 0 aliphatic rings. The summed E-state index contributed by atoms with van der Waals surface area (Å²) < 4.78 is 27.8. The van der Waals surface area contributed by atoms with Gasteiger partial charge in [-0.2, -0.15) is 0 Å². The summed E-state index contributed by atoms with van der Waals surface area (Å²) >= 11 is 0. The minimum absolute atomic E-state index is 0.200. The molecule has 6 heteroatoms. The van der Waals surface area contributed by atoms with E-state index in [-0.39, 0.29) is 11.3 Å². The molecule has 0 radical (unpaired) electrons. The van der Waals surface area contributed by atoms with Crippen molar-refractivity contribution in [3.8, 4) is 33.8 Å². The fourth-order valence-corrected chi connectivity index (χ4v) is 3.54. The minimum Gasteiger partial charge on any atom is -0.384 e. The summed E-state index contributed by atoms with van der Waals surface area (Å²) in [5.74, 6) is -0.764. The molecule has 5 aromatic rings. The third kappa shape index (κ3) is 3.18. The van der Waals surface area contributed by atoms with E-state index in [4.69, 9.17) is 5.73 Å². The lowest BCUT2D eigenvalue weighted by molar-refractivity contribution is 0.591. The molecule has 2 aromatic heterocycles. The van der Waals surface area contributed by atoms with E-state index in [1.165, 1.54) is 6.07 Å². The molecule has 0 unspecified atom stereocenters. The molecule has 0 amide bonds.